The quantitative estimate of drug-likeness (QED) is 0.726. The van der Waals surface area contributed by atoms with E-state index in [0.29, 0.717) is 5.82 Å². The minimum Gasteiger partial charge on any atom is -0.360 e. The third kappa shape index (κ3) is 3.15. The zero-order valence-electron chi connectivity index (χ0n) is 15.0. The molecule has 1 aliphatic rings. The topological polar surface area (TPSA) is 93.4 Å². The van der Waals surface area contributed by atoms with E-state index < -0.39 is 0 Å². The molecule has 0 saturated carbocycles. The number of nitrogens with one attached hydrogen (secondary N) is 2. The lowest BCUT2D eigenvalue weighted by atomic mass is 10.1. The summed E-state index contributed by atoms with van der Waals surface area (Å²) in [6.45, 7) is 6.58. The fourth-order valence-electron chi connectivity index (χ4n) is 3.21. The van der Waals surface area contributed by atoms with Gasteiger partial charge in [-0.3, -0.25) is 4.98 Å². The molecule has 8 heteroatoms. The zero-order valence-corrected chi connectivity index (χ0v) is 15.0. The van der Waals surface area contributed by atoms with E-state index in [1.165, 1.54) is 0 Å². The predicted octanol–water partition coefficient (Wildman–Crippen LogP) is 1.97. The lowest BCUT2D eigenvalue weighted by molar-refractivity contribution is 0.589. The minimum absolute atomic E-state index is 0.0112. The van der Waals surface area contributed by atoms with Gasteiger partial charge in [0.25, 0.3) is 0 Å². The van der Waals surface area contributed by atoms with E-state index in [1.54, 1.807) is 12.5 Å². The molecule has 1 atom stereocenters. The Morgan fingerprint density at radius 3 is 3.00 bits per heavy atom. The summed E-state index contributed by atoms with van der Waals surface area (Å²) >= 11 is 0. The molecule has 4 heterocycles. The molecule has 0 aliphatic carbocycles. The molecule has 1 aliphatic heterocycles. The van der Waals surface area contributed by atoms with E-state index in [-0.39, 0.29) is 6.04 Å². The average Bonchev–Trinajstić information content (AvgIpc) is 3.17. The molecule has 8 nitrogen and oxygen atoms in total. The maximum Gasteiger partial charge on any atom is 0.180 e. The number of aromatic nitrogens is 6. The number of hydrogen-bond donors (Lipinski definition) is 2. The van der Waals surface area contributed by atoms with Crippen molar-refractivity contribution in [3.63, 3.8) is 0 Å². The number of pyridine rings is 1. The normalized spacial score (nSPS) is 14.7. The Morgan fingerprint density at radius 1 is 1.27 bits per heavy atom. The monoisotopic (exact) mass is 350 g/mol. The van der Waals surface area contributed by atoms with Crippen molar-refractivity contribution in [1.29, 1.82) is 0 Å². The van der Waals surface area contributed by atoms with E-state index in [9.17, 15) is 0 Å². The van der Waals surface area contributed by atoms with Gasteiger partial charge in [0.1, 0.15) is 23.7 Å². The van der Waals surface area contributed by atoms with Gasteiger partial charge in [-0.2, -0.15) is 5.10 Å². The van der Waals surface area contributed by atoms with Gasteiger partial charge in [0, 0.05) is 24.8 Å². The van der Waals surface area contributed by atoms with Crippen LogP contribution in [0.2, 0.25) is 0 Å². The molecule has 1 unspecified atom stereocenters. The first-order valence-corrected chi connectivity index (χ1v) is 8.92. The predicted molar refractivity (Wildman–Crippen MR) is 98.4 cm³/mol. The van der Waals surface area contributed by atoms with E-state index >= 15 is 0 Å². The van der Waals surface area contributed by atoms with Gasteiger partial charge in [0.2, 0.25) is 0 Å². The van der Waals surface area contributed by atoms with Crippen molar-refractivity contribution < 1.29 is 0 Å². The van der Waals surface area contributed by atoms with Crippen molar-refractivity contribution in [2.75, 3.05) is 11.9 Å². The maximum atomic E-state index is 4.79. The molecule has 0 fully saturated rings. The lowest BCUT2D eigenvalue weighted by Gasteiger charge is -2.22. The van der Waals surface area contributed by atoms with Gasteiger partial charge in [0.05, 0.1) is 11.7 Å². The highest BCUT2D eigenvalue weighted by Crippen LogP contribution is 2.26. The standard InChI is InChI=1S/C18H22N8/c1-3-26-18(21-11-22-26)12(2)23-16-13-7-9-19-10-15(13)24-17(25-16)14-6-4-5-8-20-14/h4-6,8,11-12,19H,3,7,9-10H2,1-2H3,(H,23,24,25). The first-order valence-electron chi connectivity index (χ1n) is 8.92. The Labute approximate surface area is 152 Å². The molecule has 3 aromatic rings. The van der Waals surface area contributed by atoms with Crippen molar-refractivity contribution in [3.05, 3.63) is 47.8 Å². The third-order valence-corrected chi connectivity index (χ3v) is 4.52. The van der Waals surface area contributed by atoms with E-state index in [4.69, 9.17) is 9.97 Å². The Kier molecular flexibility index (Phi) is 4.57. The summed E-state index contributed by atoms with van der Waals surface area (Å²) in [6, 6.07) is 5.76. The molecule has 0 aromatic carbocycles. The SMILES string of the molecule is CCn1ncnc1C(C)Nc1nc(-c2ccccn2)nc2c1CCNC2. The molecule has 134 valence electrons. The summed E-state index contributed by atoms with van der Waals surface area (Å²) in [5.41, 5.74) is 2.96. The van der Waals surface area contributed by atoms with Crippen molar-refractivity contribution in [1.82, 2.24) is 35.0 Å². The fraction of sp³-hybridized carbons (Fsp3) is 0.389. The maximum absolute atomic E-state index is 4.79. The highest BCUT2D eigenvalue weighted by molar-refractivity contribution is 5.57. The van der Waals surface area contributed by atoms with Crippen LogP contribution in [0, 0.1) is 0 Å². The average molecular weight is 350 g/mol. The van der Waals surface area contributed by atoms with Crippen molar-refractivity contribution in [2.24, 2.45) is 0 Å². The molecule has 4 rings (SSSR count). The Bertz CT molecular complexity index is 889. The number of aryl methyl sites for hydroxylation is 1. The van der Waals surface area contributed by atoms with Gasteiger partial charge in [0.15, 0.2) is 5.82 Å². The van der Waals surface area contributed by atoms with Crippen LogP contribution in [0.4, 0.5) is 5.82 Å². The largest absolute Gasteiger partial charge is 0.360 e. The van der Waals surface area contributed by atoms with Crippen LogP contribution >= 0.6 is 0 Å². The molecule has 26 heavy (non-hydrogen) atoms. The van der Waals surface area contributed by atoms with Crippen molar-refractivity contribution in [3.8, 4) is 11.5 Å². The molecule has 0 bridgehead atoms. The molecule has 2 N–H and O–H groups in total. The molecule has 0 amide bonds. The van der Waals surface area contributed by atoms with Crippen LogP contribution < -0.4 is 10.6 Å². The van der Waals surface area contributed by atoms with Crippen LogP contribution in [0.25, 0.3) is 11.5 Å². The highest BCUT2D eigenvalue weighted by atomic mass is 15.3. The second kappa shape index (κ2) is 7.17. The zero-order chi connectivity index (χ0) is 17.9. The number of nitrogens with zero attached hydrogens (tertiary/aromatic N) is 6. The van der Waals surface area contributed by atoms with Gasteiger partial charge in [-0.05, 0) is 38.9 Å². The second-order valence-corrected chi connectivity index (χ2v) is 6.26. The first-order chi connectivity index (χ1) is 12.8. The molecule has 0 radical (unpaired) electrons. The Morgan fingerprint density at radius 2 is 2.19 bits per heavy atom. The van der Waals surface area contributed by atoms with Gasteiger partial charge < -0.3 is 10.6 Å². The number of rotatable bonds is 5. The summed E-state index contributed by atoms with van der Waals surface area (Å²) in [4.78, 5) is 18.3. The lowest BCUT2D eigenvalue weighted by Crippen LogP contribution is -2.27. The van der Waals surface area contributed by atoms with Crippen molar-refractivity contribution in [2.45, 2.75) is 39.4 Å². The summed E-state index contributed by atoms with van der Waals surface area (Å²) in [7, 11) is 0. The number of anilines is 1. The Hall–Kier alpha value is -2.87. The van der Waals surface area contributed by atoms with Crippen LogP contribution in [0.3, 0.4) is 0 Å². The fourth-order valence-corrected chi connectivity index (χ4v) is 3.21. The number of fused-ring (bicyclic) bond motifs is 1. The third-order valence-electron chi connectivity index (χ3n) is 4.52. The summed E-state index contributed by atoms with van der Waals surface area (Å²) in [6.07, 6.45) is 4.25. The van der Waals surface area contributed by atoms with Gasteiger partial charge >= 0.3 is 0 Å². The van der Waals surface area contributed by atoms with Crippen LogP contribution in [0.1, 0.15) is 37.0 Å². The molecular weight excluding hydrogens is 328 g/mol. The second-order valence-electron chi connectivity index (χ2n) is 6.26. The first kappa shape index (κ1) is 16.6. The van der Waals surface area contributed by atoms with Crippen molar-refractivity contribution >= 4 is 5.82 Å². The molecule has 0 spiro atoms. The van der Waals surface area contributed by atoms with Crippen LogP contribution in [0.15, 0.2) is 30.7 Å². The summed E-state index contributed by atoms with van der Waals surface area (Å²) in [5.74, 6) is 2.39. The number of hydrogen-bond acceptors (Lipinski definition) is 7. The molecule has 3 aromatic heterocycles. The van der Waals surface area contributed by atoms with E-state index in [1.807, 2.05) is 22.9 Å². The van der Waals surface area contributed by atoms with Crippen LogP contribution in [0.5, 0.6) is 0 Å². The van der Waals surface area contributed by atoms with Gasteiger partial charge in [-0.1, -0.05) is 6.07 Å². The van der Waals surface area contributed by atoms with Gasteiger partial charge in [-0.15, -0.1) is 0 Å². The van der Waals surface area contributed by atoms with Crippen LogP contribution in [-0.4, -0.2) is 36.3 Å². The smallest absolute Gasteiger partial charge is 0.180 e. The van der Waals surface area contributed by atoms with Crippen LogP contribution in [-0.2, 0) is 19.5 Å². The summed E-state index contributed by atoms with van der Waals surface area (Å²) in [5, 5.41) is 11.2. The van der Waals surface area contributed by atoms with Gasteiger partial charge in [-0.25, -0.2) is 19.6 Å². The highest BCUT2D eigenvalue weighted by Gasteiger charge is 2.21. The van der Waals surface area contributed by atoms with E-state index in [2.05, 4.69) is 39.5 Å². The van der Waals surface area contributed by atoms with E-state index in [0.717, 1.165) is 54.6 Å². The minimum atomic E-state index is -0.0112. The molecule has 0 saturated heterocycles. The summed E-state index contributed by atoms with van der Waals surface area (Å²) < 4.78 is 1.90. The Balaban J connectivity index is 1.72. The molecular formula is C18H22N8.